The average molecular weight is 834 g/mol. The summed E-state index contributed by atoms with van der Waals surface area (Å²) in [6.07, 6.45) is 16.5. The molecule has 3 aromatic rings. The van der Waals surface area contributed by atoms with Crippen LogP contribution in [-0.2, 0) is 40.0 Å². The number of unbranched alkanes of at least 4 members (excludes halogenated alkanes) is 15. The van der Waals surface area contributed by atoms with E-state index in [1.165, 1.54) is 106 Å². The van der Waals surface area contributed by atoms with E-state index in [1.807, 2.05) is 6.07 Å². The van der Waals surface area contributed by atoms with Gasteiger partial charge in [-0.15, -0.1) is 0 Å². The maximum atomic E-state index is 13.9. The van der Waals surface area contributed by atoms with Crippen molar-refractivity contribution in [1.29, 1.82) is 5.26 Å². The summed E-state index contributed by atoms with van der Waals surface area (Å²) >= 11 is 0. The molecule has 0 amide bonds. The molecule has 0 aliphatic carbocycles. The summed E-state index contributed by atoms with van der Waals surface area (Å²) in [5.41, 5.74) is 5.99. The Labute approximate surface area is 342 Å². The Balaban J connectivity index is 1.19. The third-order valence-electron chi connectivity index (χ3n) is 10.7. The number of phosphoric acid groups is 1. The molecule has 0 bridgehead atoms. The van der Waals surface area contributed by atoms with Gasteiger partial charge in [0.25, 0.3) is 0 Å². The Morgan fingerprint density at radius 2 is 1.60 bits per heavy atom. The number of aromatic nitrogens is 3. The molecule has 0 spiro atoms. The zero-order valence-corrected chi connectivity index (χ0v) is 35.2. The Kier molecular flexibility index (Phi) is 20.5. The fraction of sp³-hybridized carbons (Fsp3) is 0.690. The molecule has 1 saturated heterocycles. The second-order valence-corrected chi connectivity index (χ2v) is 16.9. The highest BCUT2D eigenvalue weighted by atomic mass is 31.2. The number of rotatable bonds is 30. The van der Waals surface area contributed by atoms with Crippen LogP contribution in [-0.4, -0.2) is 80.5 Å². The van der Waals surface area contributed by atoms with Gasteiger partial charge in [-0.2, -0.15) is 10.4 Å². The van der Waals surface area contributed by atoms with E-state index >= 15 is 0 Å². The summed E-state index contributed by atoms with van der Waals surface area (Å²) in [4.78, 5) is 14.7. The van der Waals surface area contributed by atoms with Gasteiger partial charge in [-0.3, -0.25) is 9.05 Å². The lowest BCUT2D eigenvalue weighted by Gasteiger charge is -2.27. The maximum Gasteiger partial charge on any atom is 0.472 e. The van der Waals surface area contributed by atoms with Crippen LogP contribution in [0.2, 0.25) is 0 Å². The molecule has 2 aromatic heterocycles. The van der Waals surface area contributed by atoms with E-state index in [9.17, 15) is 24.1 Å². The molecular weight excluding hydrogens is 768 g/mol. The number of nitrogens with two attached hydrogens (primary N) is 1. The van der Waals surface area contributed by atoms with Crippen LogP contribution < -0.4 is 5.73 Å². The first-order valence-corrected chi connectivity index (χ1v) is 22.6. The number of nitrogens with zero attached hydrogens (tertiary/aromatic N) is 4. The maximum absolute atomic E-state index is 13.9. The van der Waals surface area contributed by atoms with Gasteiger partial charge in [-0.05, 0) is 55.7 Å². The van der Waals surface area contributed by atoms with Gasteiger partial charge in [0, 0.05) is 13.2 Å². The second kappa shape index (κ2) is 24.9. The van der Waals surface area contributed by atoms with Crippen LogP contribution in [0.4, 0.5) is 10.2 Å². The minimum absolute atomic E-state index is 0.0137. The summed E-state index contributed by atoms with van der Waals surface area (Å²) in [6, 6.07) is 9.14. The van der Waals surface area contributed by atoms with Gasteiger partial charge < -0.3 is 35.1 Å². The Bertz CT molecular complexity index is 1740. The quantitative estimate of drug-likeness (QED) is 0.0371. The average Bonchev–Trinajstić information content (AvgIpc) is 3.74. The number of benzene rings is 1. The van der Waals surface area contributed by atoms with E-state index < -0.39 is 50.3 Å². The molecule has 16 heteroatoms. The second-order valence-electron chi connectivity index (χ2n) is 15.5. The summed E-state index contributed by atoms with van der Waals surface area (Å²) in [7, 11) is -4.75. The Morgan fingerprint density at radius 1 is 0.966 bits per heavy atom. The number of nitriles is 1. The summed E-state index contributed by atoms with van der Waals surface area (Å²) in [6.45, 7) is 3.75. The predicted molar refractivity (Wildman–Crippen MR) is 218 cm³/mol. The van der Waals surface area contributed by atoms with Gasteiger partial charge in [0.1, 0.15) is 41.6 Å². The van der Waals surface area contributed by atoms with E-state index in [2.05, 4.69) is 17.0 Å². The van der Waals surface area contributed by atoms with Crippen LogP contribution in [0.5, 0.6) is 0 Å². The van der Waals surface area contributed by atoms with Crippen LogP contribution in [0.1, 0.15) is 140 Å². The standard InChI is InChI=1S/C42H65FN5O9P/c1-3-4-5-6-7-8-9-10-11-12-13-14-15-16-17-18-22-53-29-35(21-23-54-28-33-24-32(27-44)25-34(43)26-33)57-58(51,52)55-30-37-39(49)40(50)42(2,56-37)38-20-19-36-41(45)46-31-47-48(36)38/h19-20,24-26,31,35,37,39-40,49-50H,3-18,21-23,28-30H2,1-2H3,(H,51,52)(H2,45,46,47)/t35-,37+,39+,40+,42-/m0/s1. The van der Waals surface area contributed by atoms with Crippen molar-refractivity contribution in [1.82, 2.24) is 14.6 Å². The van der Waals surface area contributed by atoms with Crippen molar-refractivity contribution in [3.8, 4) is 6.07 Å². The van der Waals surface area contributed by atoms with E-state index in [-0.39, 0.29) is 37.6 Å². The summed E-state index contributed by atoms with van der Waals surface area (Å²) < 4.78 is 57.1. The zero-order chi connectivity index (χ0) is 41.8. The van der Waals surface area contributed by atoms with E-state index in [1.54, 1.807) is 19.1 Å². The number of anilines is 1. The molecule has 0 radical (unpaired) electrons. The first-order valence-electron chi connectivity index (χ1n) is 21.1. The van der Waals surface area contributed by atoms with Crippen LogP contribution >= 0.6 is 7.82 Å². The first kappa shape index (κ1) is 47.6. The predicted octanol–water partition coefficient (Wildman–Crippen LogP) is 8.05. The number of fused-ring (bicyclic) bond motifs is 1. The fourth-order valence-electron chi connectivity index (χ4n) is 7.38. The van der Waals surface area contributed by atoms with Crippen molar-refractivity contribution in [3.05, 3.63) is 59.3 Å². The molecule has 0 saturated carbocycles. The number of aliphatic hydroxyl groups excluding tert-OH is 2. The lowest BCUT2D eigenvalue weighted by Crippen LogP contribution is -2.39. The van der Waals surface area contributed by atoms with Crippen molar-refractivity contribution >= 4 is 19.2 Å². The molecular formula is C42H65FN5O9P. The molecule has 5 N–H and O–H groups in total. The van der Waals surface area contributed by atoms with Crippen LogP contribution in [0.15, 0.2) is 36.7 Å². The third kappa shape index (κ3) is 15.2. The molecule has 1 aromatic carbocycles. The molecule has 6 atom stereocenters. The molecule has 3 heterocycles. The van der Waals surface area contributed by atoms with Crippen molar-refractivity contribution in [3.63, 3.8) is 0 Å². The molecule has 324 valence electrons. The fourth-order valence-corrected chi connectivity index (χ4v) is 8.32. The lowest BCUT2D eigenvalue weighted by atomic mass is 9.93. The highest BCUT2D eigenvalue weighted by Gasteiger charge is 2.54. The number of hydrogen-bond acceptors (Lipinski definition) is 12. The SMILES string of the molecule is CCCCCCCCCCCCCCCCCCOC[C@H](CCOCc1cc(F)cc(C#N)c1)OP(=O)(O)OC[C@H]1O[C@@](C)(c2ccc3c(N)ncnn23)[C@H](O)[C@@H]1O. The number of ether oxygens (including phenoxy) is 3. The Morgan fingerprint density at radius 3 is 2.24 bits per heavy atom. The summed E-state index contributed by atoms with van der Waals surface area (Å²) in [5, 5.41) is 35.3. The number of aliphatic hydroxyl groups is 2. The van der Waals surface area contributed by atoms with Gasteiger partial charge >= 0.3 is 7.82 Å². The number of nitrogen functional groups attached to an aromatic ring is 1. The van der Waals surface area contributed by atoms with Gasteiger partial charge in [0.15, 0.2) is 5.82 Å². The highest BCUT2D eigenvalue weighted by Crippen LogP contribution is 2.47. The molecule has 4 rings (SSSR count). The highest BCUT2D eigenvalue weighted by molar-refractivity contribution is 7.47. The van der Waals surface area contributed by atoms with Crippen LogP contribution in [0.3, 0.4) is 0 Å². The normalized spacial score (nSPS) is 21.0. The molecule has 58 heavy (non-hydrogen) atoms. The van der Waals surface area contributed by atoms with E-state index in [0.717, 1.165) is 25.3 Å². The van der Waals surface area contributed by atoms with E-state index in [0.29, 0.717) is 23.4 Å². The smallest absolute Gasteiger partial charge is 0.387 e. The summed E-state index contributed by atoms with van der Waals surface area (Å²) in [5.74, 6) is -0.336. The molecule has 14 nitrogen and oxygen atoms in total. The molecule has 1 fully saturated rings. The lowest BCUT2D eigenvalue weighted by molar-refractivity contribution is -0.0899. The van der Waals surface area contributed by atoms with Crippen molar-refractivity contribution in [2.45, 2.75) is 160 Å². The number of hydrogen-bond donors (Lipinski definition) is 4. The minimum atomic E-state index is -4.75. The van der Waals surface area contributed by atoms with Gasteiger partial charge in [-0.1, -0.05) is 103 Å². The third-order valence-corrected chi connectivity index (χ3v) is 11.8. The van der Waals surface area contributed by atoms with Gasteiger partial charge in [0.05, 0.1) is 43.3 Å². The van der Waals surface area contributed by atoms with Crippen molar-refractivity contribution < 1.29 is 47.3 Å². The van der Waals surface area contributed by atoms with Crippen molar-refractivity contribution in [2.24, 2.45) is 0 Å². The van der Waals surface area contributed by atoms with Crippen LogP contribution in [0.25, 0.3) is 5.52 Å². The largest absolute Gasteiger partial charge is 0.472 e. The van der Waals surface area contributed by atoms with E-state index in [4.69, 9.17) is 34.3 Å². The monoisotopic (exact) mass is 833 g/mol. The zero-order valence-electron chi connectivity index (χ0n) is 34.3. The first-order chi connectivity index (χ1) is 28.0. The minimum Gasteiger partial charge on any atom is -0.387 e. The van der Waals surface area contributed by atoms with Gasteiger partial charge in [-0.25, -0.2) is 18.5 Å². The molecule has 1 unspecified atom stereocenters. The molecule has 1 aliphatic rings. The topological polar surface area (TPSA) is 204 Å². The Hall–Kier alpha value is -3.03. The van der Waals surface area contributed by atoms with Crippen LogP contribution in [0, 0.1) is 17.1 Å². The number of phosphoric ester groups is 1. The number of halogens is 1. The van der Waals surface area contributed by atoms with Gasteiger partial charge in [0.2, 0.25) is 0 Å². The molecule has 1 aliphatic heterocycles. The van der Waals surface area contributed by atoms with Crippen molar-refractivity contribution in [2.75, 3.05) is 32.2 Å².